The van der Waals surface area contributed by atoms with Gasteiger partial charge in [-0.05, 0) is 46.4 Å². The maximum Gasteiger partial charge on any atom is 0.226 e. The standard InChI is InChI=1S/C23H27N7S/c24-10-11-25-23-28-21(20-22(29-23)30(15-27-20)19-3-1-2-4-19)26-13-16-5-7-17(8-6-16)18-9-12-31-14-18/h5-9,12,14-15,19H,1-4,10-11,13,24H2,(H2,25,26,28,29). The summed E-state index contributed by atoms with van der Waals surface area (Å²) >= 11 is 1.72. The van der Waals surface area contributed by atoms with Crippen LogP contribution in [0, 0.1) is 0 Å². The maximum absolute atomic E-state index is 5.67. The molecule has 0 atom stereocenters. The first-order chi connectivity index (χ1) is 15.3. The van der Waals surface area contributed by atoms with Gasteiger partial charge in [-0.15, -0.1) is 0 Å². The zero-order valence-corrected chi connectivity index (χ0v) is 18.2. The van der Waals surface area contributed by atoms with Crippen LogP contribution in [0.1, 0.15) is 37.3 Å². The molecule has 1 aliphatic rings. The molecule has 1 fully saturated rings. The van der Waals surface area contributed by atoms with E-state index in [4.69, 9.17) is 10.7 Å². The predicted molar refractivity (Wildman–Crippen MR) is 127 cm³/mol. The van der Waals surface area contributed by atoms with Crippen LogP contribution >= 0.6 is 11.3 Å². The number of aromatic nitrogens is 4. The Morgan fingerprint density at radius 1 is 1.03 bits per heavy atom. The highest BCUT2D eigenvalue weighted by Gasteiger charge is 2.21. The van der Waals surface area contributed by atoms with Crippen LogP contribution < -0.4 is 16.4 Å². The Balaban J connectivity index is 1.40. The maximum atomic E-state index is 5.67. The molecule has 3 heterocycles. The summed E-state index contributed by atoms with van der Waals surface area (Å²) < 4.78 is 2.22. The smallest absolute Gasteiger partial charge is 0.226 e. The number of benzene rings is 1. The first-order valence-corrected chi connectivity index (χ1v) is 11.8. The minimum absolute atomic E-state index is 0.472. The van der Waals surface area contributed by atoms with Crippen molar-refractivity contribution >= 4 is 34.3 Å². The quantitative estimate of drug-likeness (QED) is 0.374. The molecule has 5 rings (SSSR count). The predicted octanol–water partition coefficient (Wildman–Crippen LogP) is 4.65. The molecule has 4 aromatic rings. The van der Waals surface area contributed by atoms with Gasteiger partial charge in [-0.1, -0.05) is 37.1 Å². The Hall–Kier alpha value is -2.97. The van der Waals surface area contributed by atoms with E-state index in [1.54, 1.807) is 11.3 Å². The Morgan fingerprint density at radius 3 is 2.61 bits per heavy atom. The topological polar surface area (TPSA) is 93.7 Å². The fourth-order valence-corrected chi connectivity index (χ4v) is 4.85. The Morgan fingerprint density at radius 2 is 1.87 bits per heavy atom. The number of nitrogens with zero attached hydrogens (tertiary/aromatic N) is 4. The second-order valence-corrected chi connectivity index (χ2v) is 8.72. The van der Waals surface area contributed by atoms with Crippen LogP contribution in [0.3, 0.4) is 0 Å². The van der Waals surface area contributed by atoms with E-state index in [2.05, 4.69) is 66.3 Å². The lowest BCUT2D eigenvalue weighted by Gasteiger charge is -2.14. The number of thiophene rings is 1. The minimum atomic E-state index is 0.472. The summed E-state index contributed by atoms with van der Waals surface area (Å²) in [6, 6.07) is 11.3. The summed E-state index contributed by atoms with van der Waals surface area (Å²) in [6.07, 6.45) is 6.81. The van der Waals surface area contributed by atoms with Crippen LogP contribution in [-0.2, 0) is 6.54 Å². The normalized spacial score (nSPS) is 14.4. The zero-order chi connectivity index (χ0) is 21.0. The largest absolute Gasteiger partial charge is 0.364 e. The van der Waals surface area contributed by atoms with Gasteiger partial charge in [0.25, 0.3) is 0 Å². The van der Waals surface area contributed by atoms with Crippen molar-refractivity contribution < 1.29 is 0 Å². The van der Waals surface area contributed by atoms with Crippen molar-refractivity contribution in [2.45, 2.75) is 38.3 Å². The highest BCUT2D eigenvalue weighted by molar-refractivity contribution is 7.08. The molecule has 0 radical (unpaired) electrons. The van der Waals surface area contributed by atoms with Crippen molar-refractivity contribution in [3.8, 4) is 11.1 Å². The molecule has 1 saturated carbocycles. The summed E-state index contributed by atoms with van der Waals surface area (Å²) in [5, 5.41) is 11.0. The van der Waals surface area contributed by atoms with Crippen molar-refractivity contribution in [3.05, 3.63) is 53.0 Å². The molecule has 1 aromatic carbocycles. The van der Waals surface area contributed by atoms with Gasteiger partial charge in [0.2, 0.25) is 5.95 Å². The highest BCUT2D eigenvalue weighted by Crippen LogP contribution is 2.33. The van der Waals surface area contributed by atoms with Gasteiger partial charge in [-0.2, -0.15) is 21.3 Å². The van der Waals surface area contributed by atoms with Gasteiger partial charge in [-0.3, -0.25) is 0 Å². The first kappa shape index (κ1) is 20.0. The van der Waals surface area contributed by atoms with E-state index in [0.29, 0.717) is 31.6 Å². The van der Waals surface area contributed by atoms with Gasteiger partial charge in [0.1, 0.15) is 0 Å². The lowest BCUT2D eigenvalue weighted by Crippen LogP contribution is -2.16. The number of nitrogens with two attached hydrogens (primary N) is 1. The average Bonchev–Trinajstić information content (AvgIpc) is 3.57. The molecule has 160 valence electrons. The van der Waals surface area contributed by atoms with Crippen molar-refractivity contribution in [1.29, 1.82) is 0 Å². The first-order valence-electron chi connectivity index (χ1n) is 10.9. The molecule has 0 unspecified atom stereocenters. The van der Waals surface area contributed by atoms with E-state index in [-0.39, 0.29) is 0 Å². The molecule has 7 nitrogen and oxygen atoms in total. The number of anilines is 2. The highest BCUT2D eigenvalue weighted by atomic mass is 32.1. The number of imidazole rings is 1. The number of hydrogen-bond acceptors (Lipinski definition) is 7. The fourth-order valence-electron chi connectivity index (χ4n) is 4.18. The second kappa shape index (κ2) is 9.03. The van der Waals surface area contributed by atoms with Crippen molar-refractivity contribution in [2.75, 3.05) is 23.7 Å². The molecule has 0 amide bonds. The molecule has 3 aromatic heterocycles. The molecular formula is C23H27N7S. The molecule has 1 aliphatic carbocycles. The number of hydrogen-bond donors (Lipinski definition) is 3. The fraction of sp³-hybridized carbons (Fsp3) is 0.348. The van der Waals surface area contributed by atoms with E-state index >= 15 is 0 Å². The Bertz CT molecular complexity index is 1130. The summed E-state index contributed by atoms with van der Waals surface area (Å²) in [7, 11) is 0. The van der Waals surface area contributed by atoms with Gasteiger partial charge >= 0.3 is 0 Å². The van der Waals surface area contributed by atoms with Gasteiger partial charge in [-0.25, -0.2) is 4.98 Å². The number of nitrogens with one attached hydrogen (secondary N) is 2. The van der Waals surface area contributed by atoms with Crippen LogP contribution in [0.15, 0.2) is 47.4 Å². The molecule has 0 aliphatic heterocycles. The molecule has 31 heavy (non-hydrogen) atoms. The van der Waals surface area contributed by atoms with E-state index in [1.807, 2.05) is 6.33 Å². The third-order valence-electron chi connectivity index (χ3n) is 5.84. The lowest BCUT2D eigenvalue weighted by atomic mass is 10.1. The van der Waals surface area contributed by atoms with E-state index in [1.165, 1.54) is 42.4 Å². The lowest BCUT2D eigenvalue weighted by molar-refractivity contribution is 0.529. The third kappa shape index (κ3) is 4.26. The number of rotatable bonds is 8. The molecule has 0 bridgehead atoms. The molecule has 0 saturated heterocycles. The molecular weight excluding hydrogens is 406 g/mol. The number of fused-ring (bicyclic) bond motifs is 1. The molecule has 8 heteroatoms. The SMILES string of the molecule is NCCNc1nc(NCc2ccc(-c3ccsc3)cc2)c2ncn(C3CCCC3)c2n1. The van der Waals surface area contributed by atoms with Crippen LogP contribution in [0.2, 0.25) is 0 Å². The summed E-state index contributed by atoms with van der Waals surface area (Å²) in [5.41, 5.74) is 11.1. The van der Waals surface area contributed by atoms with E-state index in [9.17, 15) is 0 Å². The van der Waals surface area contributed by atoms with Crippen molar-refractivity contribution in [2.24, 2.45) is 5.73 Å². The summed E-state index contributed by atoms with van der Waals surface area (Å²) in [4.78, 5) is 14.1. The van der Waals surface area contributed by atoms with Crippen molar-refractivity contribution in [1.82, 2.24) is 19.5 Å². The van der Waals surface area contributed by atoms with E-state index in [0.717, 1.165) is 17.0 Å². The summed E-state index contributed by atoms with van der Waals surface area (Å²) in [6.45, 7) is 1.83. The second-order valence-electron chi connectivity index (χ2n) is 7.94. The van der Waals surface area contributed by atoms with Gasteiger partial charge in [0.15, 0.2) is 17.0 Å². The Kier molecular flexibility index (Phi) is 5.82. The molecule has 0 spiro atoms. The van der Waals surface area contributed by atoms with Crippen LogP contribution in [-0.4, -0.2) is 32.6 Å². The molecule has 4 N–H and O–H groups in total. The van der Waals surface area contributed by atoms with Crippen molar-refractivity contribution in [3.63, 3.8) is 0 Å². The third-order valence-corrected chi connectivity index (χ3v) is 6.52. The summed E-state index contributed by atoms with van der Waals surface area (Å²) in [5.74, 6) is 1.34. The zero-order valence-electron chi connectivity index (χ0n) is 17.4. The van der Waals surface area contributed by atoms with Crippen LogP contribution in [0.25, 0.3) is 22.3 Å². The van der Waals surface area contributed by atoms with Crippen LogP contribution in [0.5, 0.6) is 0 Å². The van der Waals surface area contributed by atoms with Gasteiger partial charge in [0.05, 0.1) is 6.33 Å². The monoisotopic (exact) mass is 433 g/mol. The van der Waals surface area contributed by atoms with E-state index < -0.39 is 0 Å². The minimum Gasteiger partial charge on any atom is -0.364 e. The van der Waals surface area contributed by atoms with Crippen LogP contribution in [0.4, 0.5) is 11.8 Å². The van der Waals surface area contributed by atoms with Gasteiger partial charge < -0.3 is 20.9 Å². The Labute approximate surface area is 185 Å². The average molecular weight is 434 g/mol. The van der Waals surface area contributed by atoms with Gasteiger partial charge in [0, 0.05) is 25.7 Å².